The summed E-state index contributed by atoms with van der Waals surface area (Å²) in [6, 6.07) is 0. The maximum absolute atomic E-state index is 5.33. The maximum atomic E-state index is 5.33. The zero-order valence-corrected chi connectivity index (χ0v) is 11.6. The van der Waals surface area contributed by atoms with Crippen molar-refractivity contribution in [3.05, 3.63) is 0 Å². The van der Waals surface area contributed by atoms with Gasteiger partial charge in [-0.3, -0.25) is 0 Å². The van der Waals surface area contributed by atoms with Gasteiger partial charge in [0.2, 0.25) is 0 Å². The number of morpholine rings is 2. The van der Waals surface area contributed by atoms with Gasteiger partial charge < -0.3 is 0 Å². The number of hydrogen-bond donors (Lipinski definition) is 0. The van der Waals surface area contributed by atoms with E-state index in [2.05, 4.69) is 7.83 Å². The minimum absolute atomic E-state index is 0.689. The fourth-order valence-electron chi connectivity index (χ4n) is 1.34. The summed E-state index contributed by atoms with van der Waals surface area (Å²) in [6.45, 7) is 8.31. The molecule has 0 unspecified atom stereocenters. The molecule has 0 N–H and O–H groups in total. The first-order valence-electron chi connectivity index (χ1n) is 4.95. The van der Waals surface area contributed by atoms with Gasteiger partial charge in [0.25, 0.3) is 0 Å². The molecule has 6 heteroatoms. The Hall–Kier alpha value is 0.879. The van der Waals surface area contributed by atoms with E-state index in [1.807, 2.05) is 0 Å². The summed E-state index contributed by atoms with van der Waals surface area (Å²) in [6.07, 6.45) is 0. The van der Waals surface area contributed by atoms with Crippen molar-refractivity contribution >= 4 is 26.7 Å². The molecule has 0 bridgehead atoms. The molecular formula is C8H16N2O2Se2. The summed E-state index contributed by atoms with van der Waals surface area (Å²) in [5.41, 5.74) is 0. The van der Waals surface area contributed by atoms with Gasteiger partial charge >= 0.3 is 96.6 Å². The molecule has 0 radical (unpaired) electrons. The first-order valence-corrected chi connectivity index (χ1v) is 10.8. The molecule has 0 aromatic carbocycles. The Morgan fingerprint density at radius 2 is 1.00 bits per heavy atom. The average Bonchev–Trinajstić information content (AvgIpc) is 2.29. The number of ether oxygens (including phenoxy) is 2. The van der Waals surface area contributed by atoms with Gasteiger partial charge in [-0.2, -0.15) is 0 Å². The second-order valence-electron chi connectivity index (χ2n) is 3.23. The summed E-state index contributed by atoms with van der Waals surface area (Å²) < 4.78 is 15.8. The van der Waals surface area contributed by atoms with Gasteiger partial charge in [0, 0.05) is 0 Å². The van der Waals surface area contributed by atoms with Crippen LogP contribution < -0.4 is 0 Å². The van der Waals surface area contributed by atoms with Gasteiger partial charge in [-0.1, -0.05) is 0 Å². The molecule has 0 spiro atoms. The third kappa shape index (κ3) is 3.80. The molecule has 0 aliphatic carbocycles. The Bertz CT molecular complexity index is 143. The molecule has 0 aromatic heterocycles. The van der Waals surface area contributed by atoms with Gasteiger partial charge in [-0.15, -0.1) is 0 Å². The van der Waals surface area contributed by atoms with E-state index in [0.29, 0.717) is 26.7 Å². The Balaban J connectivity index is 1.60. The fourth-order valence-corrected chi connectivity index (χ4v) is 8.29. The monoisotopic (exact) mass is 332 g/mol. The molecule has 2 rings (SSSR count). The normalized spacial score (nSPS) is 26.6. The molecule has 0 aromatic rings. The Kier molecular flexibility index (Phi) is 5.24. The van der Waals surface area contributed by atoms with Crippen LogP contribution in [0.4, 0.5) is 0 Å². The van der Waals surface area contributed by atoms with Crippen molar-refractivity contribution in [1.82, 2.24) is 7.83 Å². The molecule has 2 fully saturated rings. The Morgan fingerprint density at radius 3 is 1.36 bits per heavy atom. The van der Waals surface area contributed by atoms with Crippen LogP contribution in [0.1, 0.15) is 0 Å². The molecule has 2 saturated heterocycles. The van der Waals surface area contributed by atoms with Gasteiger partial charge in [0.1, 0.15) is 0 Å². The number of rotatable bonds is 3. The van der Waals surface area contributed by atoms with Crippen molar-refractivity contribution in [2.75, 3.05) is 52.6 Å². The van der Waals surface area contributed by atoms with Crippen LogP contribution in [0, 0.1) is 0 Å². The van der Waals surface area contributed by atoms with E-state index in [0.717, 1.165) is 52.6 Å². The molecule has 2 heterocycles. The summed E-state index contributed by atoms with van der Waals surface area (Å²) in [5, 5.41) is 0. The second-order valence-corrected chi connectivity index (χ2v) is 9.27. The van der Waals surface area contributed by atoms with Crippen molar-refractivity contribution in [1.29, 1.82) is 0 Å². The van der Waals surface area contributed by atoms with Crippen LogP contribution in [0.25, 0.3) is 0 Å². The first kappa shape index (κ1) is 11.4. The van der Waals surface area contributed by atoms with Crippen LogP contribution in [0.2, 0.25) is 0 Å². The summed E-state index contributed by atoms with van der Waals surface area (Å²) in [7, 11) is 0. The third-order valence-corrected chi connectivity index (χ3v) is 10.1. The van der Waals surface area contributed by atoms with Crippen LogP contribution in [-0.4, -0.2) is 87.1 Å². The molecule has 14 heavy (non-hydrogen) atoms. The van der Waals surface area contributed by atoms with Gasteiger partial charge in [-0.05, 0) is 0 Å². The predicted molar refractivity (Wildman–Crippen MR) is 56.3 cm³/mol. The van der Waals surface area contributed by atoms with E-state index in [9.17, 15) is 0 Å². The summed E-state index contributed by atoms with van der Waals surface area (Å²) >= 11 is 1.38. The molecule has 82 valence electrons. The van der Waals surface area contributed by atoms with Crippen molar-refractivity contribution in [2.24, 2.45) is 0 Å². The van der Waals surface area contributed by atoms with Gasteiger partial charge in [0.15, 0.2) is 0 Å². The van der Waals surface area contributed by atoms with E-state index in [1.54, 1.807) is 0 Å². The van der Waals surface area contributed by atoms with Crippen LogP contribution in [0.15, 0.2) is 0 Å². The van der Waals surface area contributed by atoms with Crippen molar-refractivity contribution in [3.63, 3.8) is 0 Å². The van der Waals surface area contributed by atoms with Crippen molar-refractivity contribution < 1.29 is 9.47 Å². The standard InChI is InChI=1S/C8H16N2O2Se2/c1-5-11-6-2-9(1)13-14-10-3-7-12-8-4-10/h1-8H2. The first-order chi connectivity index (χ1) is 6.95. The van der Waals surface area contributed by atoms with E-state index < -0.39 is 0 Å². The van der Waals surface area contributed by atoms with E-state index in [-0.39, 0.29) is 0 Å². The van der Waals surface area contributed by atoms with Crippen LogP contribution >= 0.6 is 0 Å². The van der Waals surface area contributed by atoms with Gasteiger partial charge in [-0.25, -0.2) is 0 Å². The van der Waals surface area contributed by atoms with Gasteiger partial charge in [0.05, 0.1) is 0 Å². The Labute approximate surface area is 96.6 Å². The molecule has 4 nitrogen and oxygen atoms in total. The topological polar surface area (TPSA) is 24.9 Å². The fraction of sp³-hybridized carbons (Fsp3) is 1.00. The third-order valence-electron chi connectivity index (χ3n) is 2.18. The minimum atomic E-state index is 0.689. The van der Waals surface area contributed by atoms with Crippen LogP contribution in [-0.2, 0) is 9.47 Å². The SMILES string of the molecule is C1CN([Se][Se]N2CCOCC2)CCO1. The summed E-state index contributed by atoms with van der Waals surface area (Å²) in [4.78, 5) is 0. The average molecular weight is 330 g/mol. The molecule has 0 atom stereocenters. The zero-order valence-electron chi connectivity index (χ0n) is 8.18. The van der Waals surface area contributed by atoms with Crippen molar-refractivity contribution in [2.45, 2.75) is 0 Å². The summed E-state index contributed by atoms with van der Waals surface area (Å²) in [5.74, 6) is 0. The predicted octanol–water partition coefficient (Wildman–Crippen LogP) is -1.20. The molecular weight excluding hydrogens is 314 g/mol. The van der Waals surface area contributed by atoms with E-state index in [4.69, 9.17) is 9.47 Å². The number of nitrogens with zero attached hydrogens (tertiary/aromatic N) is 2. The van der Waals surface area contributed by atoms with Crippen LogP contribution in [0.5, 0.6) is 0 Å². The number of hydrogen-bond acceptors (Lipinski definition) is 4. The molecule has 0 amide bonds. The molecule has 2 aliphatic rings. The van der Waals surface area contributed by atoms with E-state index in [1.165, 1.54) is 0 Å². The quantitative estimate of drug-likeness (QED) is 0.608. The van der Waals surface area contributed by atoms with E-state index >= 15 is 0 Å². The van der Waals surface area contributed by atoms with Crippen molar-refractivity contribution in [3.8, 4) is 0 Å². The molecule has 2 aliphatic heterocycles. The second kappa shape index (κ2) is 6.46. The Morgan fingerprint density at radius 1 is 0.643 bits per heavy atom. The van der Waals surface area contributed by atoms with Crippen LogP contribution in [0.3, 0.4) is 0 Å². The zero-order chi connectivity index (χ0) is 9.64. The molecule has 0 saturated carbocycles.